The Balaban J connectivity index is 2.11. The maximum absolute atomic E-state index is 11.4. The van der Waals surface area contributed by atoms with E-state index in [4.69, 9.17) is 0 Å². The molecule has 1 heterocycles. The molecule has 1 aromatic heterocycles. The van der Waals surface area contributed by atoms with Crippen LogP contribution in [-0.2, 0) is 10.2 Å². The van der Waals surface area contributed by atoms with Gasteiger partial charge in [0, 0.05) is 17.8 Å². The van der Waals surface area contributed by atoms with Gasteiger partial charge in [0.1, 0.15) is 0 Å². The summed E-state index contributed by atoms with van der Waals surface area (Å²) in [4.78, 5) is 11.4. The number of fused-ring (bicyclic) bond motifs is 1. The first kappa shape index (κ1) is 12.3. The summed E-state index contributed by atoms with van der Waals surface area (Å²) in [6.45, 7) is 3.51. The average Bonchev–Trinajstić information content (AvgIpc) is 2.70. The van der Waals surface area contributed by atoms with Crippen LogP contribution in [0.3, 0.4) is 0 Å². The zero-order chi connectivity index (χ0) is 13.6. The summed E-state index contributed by atoms with van der Waals surface area (Å²) in [7, 11) is 0. The van der Waals surface area contributed by atoms with E-state index in [1.54, 1.807) is 13.8 Å². The molecule has 2 aromatic rings. The third kappa shape index (κ3) is 1.84. The van der Waals surface area contributed by atoms with Gasteiger partial charge in [0.2, 0.25) is 0 Å². The van der Waals surface area contributed by atoms with Crippen LogP contribution in [0.1, 0.15) is 44.7 Å². The third-order valence-electron chi connectivity index (χ3n) is 4.45. The van der Waals surface area contributed by atoms with Gasteiger partial charge < -0.3 is 9.67 Å². The summed E-state index contributed by atoms with van der Waals surface area (Å²) in [6, 6.07) is 8.72. The Hall–Kier alpha value is -1.77. The Kier molecular flexibility index (Phi) is 2.66. The largest absolute Gasteiger partial charge is 0.481 e. The van der Waals surface area contributed by atoms with Crippen LogP contribution in [-0.4, -0.2) is 15.6 Å². The number of aromatic nitrogens is 1. The van der Waals surface area contributed by atoms with Crippen LogP contribution < -0.4 is 0 Å². The molecule has 1 saturated carbocycles. The minimum atomic E-state index is -0.844. The third-order valence-corrected chi connectivity index (χ3v) is 4.45. The number of hydrogen-bond acceptors (Lipinski definition) is 1. The smallest absolute Gasteiger partial charge is 0.313 e. The molecule has 100 valence electrons. The van der Waals surface area contributed by atoms with E-state index in [2.05, 4.69) is 16.8 Å². The van der Waals surface area contributed by atoms with Crippen LogP contribution in [0.25, 0.3) is 10.9 Å². The van der Waals surface area contributed by atoms with Crippen molar-refractivity contribution >= 4 is 16.9 Å². The van der Waals surface area contributed by atoms with Gasteiger partial charge in [0.25, 0.3) is 0 Å². The van der Waals surface area contributed by atoms with Crippen molar-refractivity contribution in [2.24, 2.45) is 0 Å². The van der Waals surface area contributed by atoms with Crippen LogP contribution in [0.4, 0.5) is 0 Å². The maximum Gasteiger partial charge on any atom is 0.313 e. The highest BCUT2D eigenvalue weighted by Gasteiger charge is 2.30. The lowest BCUT2D eigenvalue weighted by Crippen LogP contribution is -2.28. The lowest BCUT2D eigenvalue weighted by Gasteiger charge is -2.28. The van der Waals surface area contributed by atoms with Crippen molar-refractivity contribution in [1.29, 1.82) is 0 Å². The fourth-order valence-corrected chi connectivity index (χ4v) is 2.64. The normalized spacial score (nSPS) is 16.5. The molecule has 1 aliphatic rings. The van der Waals surface area contributed by atoms with Crippen molar-refractivity contribution in [2.75, 3.05) is 0 Å². The molecule has 3 nitrogen and oxygen atoms in total. The Bertz CT molecular complexity index is 635. The second-order valence-corrected chi connectivity index (χ2v) is 6.01. The predicted molar refractivity (Wildman–Crippen MR) is 75.5 cm³/mol. The molecular formula is C16H19NO2. The van der Waals surface area contributed by atoms with Crippen molar-refractivity contribution in [3.05, 3.63) is 36.0 Å². The fourth-order valence-electron chi connectivity index (χ4n) is 2.64. The predicted octanol–water partition coefficient (Wildman–Crippen LogP) is 3.73. The van der Waals surface area contributed by atoms with E-state index >= 15 is 0 Å². The molecule has 1 aliphatic carbocycles. The number of benzene rings is 1. The van der Waals surface area contributed by atoms with Crippen molar-refractivity contribution in [3.8, 4) is 0 Å². The first-order valence-corrected chi connectivity index (χ1v) is 6.84. The molecule has 0 spiro atoms. The van der Waals surface area contributed by atoms with Gasteiger partial charge in [-0.25, -0.2) is 0 Å². The zero-order valence-electron chi connectivity index (χ0n) is 11.4. The summed E-state index contributed by atoms with van der Waals surface area (Å²) in [5.74, 6) is -0.784. The number of carboxylic acid groups (broad SMARTS) is 1. The highest BCUT2D eigenvalue weighted by molar-refractivity contribution is 5.85. The lowest BCUT2D eigenvalue weighted by molar-refractivity contribution is -0.142. The van der Waals surface area contributed by atoms with E-state index < -0.39 is 11.4 Å². The van der Waals surface area contributed by atoms with Crippen LogP contribution in [0, 0.1) is 0 Å². The Morgan fingerprint density at radius 3 is 2.63 bits per heavy atom. The number of rotatable bonds is 3. The topological polar surface area (TPSA) is 42.2 Å². The van der Waals surface area contributed by atoms with Gasteiger partial charge in [-0.3, -0.25) is 4.79 Å². The van der Waals surface area contributed by atoms with Crippen molar-refractivity contribution < 1.29 is 9.90 Å². The van der Waals surface area contributed by atoms with Gasteiger partial charge in [-0.2, -0.15) is 0 Å². The highest BCUT2D eigenvalue weighted by atomic mass is 16.4. The molecule has 1 aromatic carbocycles. The second kappa shape index (κ2) is 4.12. The molecule has 0 unspecified atom stereocenters. The zero-order valence-corrected chi connectivity index (χ0v) is 11.4. The van der Waals surface area contributed by atoms with E-state index in [1.165, 1.54) is 24.6 Å². The van der Waals surface area contributed by atoms with Gasteiger partial charge in [0.05, 0.1) is 5.41 Å². The summed E-state index contributed by atoms with van der Waals surface area (Å²) in [6.07, 6.45) is 5.89. The van der Waals surface area contributed by atoms with Gasteiger partial charge in [-0.15, -0.1) is 0 Å². The first-order valence-electron chi connectivity index (χ1n) is 6.84. The minimum Gasteiger partial charge on any atom is -0.481 e. The van der Waals surface area contributed by atoms with E-state index in [-0.39, 0.29) is 0 Å². The van der Waals surface area contributed by atoms with Crippen LogP contribution >= 0.6 is 0 Å². The monoisotopic (exact) mass is 257 g/mol. The van der Waals surface area contributed by atoms with Crippen molar-refractivity contribution in [2.45, 2.75) is 44.6 Å². The molecule has 0 atom stereocenters. The van der Waals surface area contributed by atoms with Crippen molar-refractivity contribution in [1.82, 2.24) is 4.57 Å². The number of aliphatic carboxylic acids is 1. The maximum atomic E-state index is 11.4. The molecule has 3 heteroatoms. The first-order chi connectivity index (χ1) is 9.00. The fraction of sp³-hybridized carbons (Fsp3) is 0.438. The van der Waals surface area contributed by atoms with Crippen LogP contribution in [0.2, 0.25) is 0 Å². The molecule has 1 N–H and O–H groups in total. The number of carbonyl (C=O) groups is 1. The molecule has 0 bridgehead atoms. The number of hydrogen-bond donors (Lipinski definition) is 1. The summed E-state index contributed by atoms with van der Waals surface area (Å²) in [5, 5.41) is 10.5. The molecule has 1 fully saturated rings. The Morgan fingerprint density at radius 1 is 1.32 bits per heavy atom. The average molecular weight is 257 g/mol. The highest BCUT2D eigenvalue weighted by Crippen LogP contribution is 2.36. The number of carboxylic acids is 1. The number of nitrogens with zero attached hydrogens (tertiary/aromatic N) is 1. The summed E-state index contributed by atoms with van der Waals surface area (Å²) in [5.41, 5.74) is 1.19. The SMILES string of the molecule is CC(C)(C(=O)O)c1ccc2ccn(C3CCC3)c2c1. The van der Waals surface area contributed by atoms with E-state index in [1.807, 2.05) is 18.2 Å². The molecule has 3 rings (SSSR count). The molecule has 0 radical (unpaired) electrons. The summed E-state index contributed by atoms with van der Waals surface area (Å²) >= 11 is 0. The molecule has 19 heavy (non-hydrogen) atoms. The van der Waals surface area contributed by atoms with Gasteiger partial charge in [-0.05, 0) is 56.2 Å². The van der Waals surface area contributed by atoms with Crippen LogP contribution in [0.5, 0.6) is 0 Å². The van der Waals surface area contributed by atoms with Crippen molar-refractivity contribution in [3.63, 3.8) is 0 Å². The van der Waals surface area contributed by atoms with E-state index in [0.29, 0.717) is 6.04 Å². The molecule has 0 amide bonds. The molecule has 0 saturated heterocycles. The minimum absolute atomic E-state index is 0.598. The van der Waals surface area contributed by atoms with Gasteiger partial charge in [-0.1, -0.05) is 12.1 Å². The lowest BCUT2D eigenvalue weighted by atomic mass is 9.84. The van der Waals surface area contributed by atoms with E-state index in [9.17, 15) is 9.90 Å². The van der Waals surface area contributed by atoms with Gasteiger partial charge >= 0.3 is 5.97 Å². The summed E-state index contributed by atoms with van der Waals surface area (Å²) < 4.78 is 2.31. The van der Waals surface area contributed by atoms with E-state index in [0.717, 1.165) is 11.1 Å². The Morgan fingerprint density at radius 2 is 2.05 bits per heavy atom. The van der Waals surface area contributed by atoms with Crippen LogP contribution in [0.15, 0.2) is 30.5 Å². The van der Waals surface area contributed by atoms with Gasteiger partial charge in [0.15, 0.2) is 0 Å². The Labute approximate surface area is 112 Å². The molecule has 0 aliphatic heterocycles. The molecular weight excluding hydrogens is 238 g/mol. The second-order valence-electron chi connectivity index (χ2n) is 6.01. The standard InChI is InChI=1S/C16H19NO2/c1-16(2,15(18)19)12-7-6-11-8-9-17(14(11)10-12)13-4-3-5-13/h6-10,13H,3-5H2,1-2H3,(H,18,19). The quantitative estimate of drug-likeness (QED) is 0.910.